The van der Waals surface area contributed by atoms with Crippen molar-refractivity contribution < 1.29 is 4.42 Å². The number of guanidine groups is 1. The molecule has 0 aliphatic rings. The molecule has 2 aromatic heterocycles. The van der Waals surface area contributed by atoms with Gasteiger partial charge in [0.1, 0.15) is 5.76 Å². The Morgan fingerprint density at radius 3 is 2.96 bits per heavy atom. The largest absolute Gasteiger partial charge is 0.469 e. The topological polar surface area (TPSA) is 62.5 Å². The molecule has 2 heterocycles. The van der Waals surface area contributed by atoms with Crippen LogP contribution in [0.15, 0.2) is 39.4 Å². The third kappa shape index (κ3) is 6.44. The minimum atomic E-state index is 0.338. The number of nitrogens with zero attached hydrogens (tertiary/aromatic N) is 2. The Bertz CT molecular complexity index is 551. The van der Waals surface area contributed by atoms with Gasteiger partial charge in [-0.3, -0.25) is 4.99 Å². The zero-order chi connectivity index (χ0) is 16.3. The van der Waals surface area contributed by atoms with E-state index in [1.807, 2.05) is 23.7 Å². The Morgan fingerprint density at radius 1 is 1.39 bits per heavy atom. The van der Waals surface area contributed by atoms with E-state index in [4.69, 9.17) is 9.41 Å². The van der Waals surface area contributed by atoms with Crippen LogP contribution in [0.1, 0.15) is 43.4 Å². The zero-order valence-electron chi connectivity index (χ0n) is 13.9. The lowest BCUT2D eigenvalue weighted by Crippen LogP contribution is -2.39. The highest BCUT2D eigenvalue weighted by molar-refractivity contribution is 7.09. The maximum Gasteiger partial charge on any atom is 0.191 e. The fourth-order valence-corrected chi connectivity index (χ4v) is 2.79. The molecule has 1 atom stereocenters. The van der Waals surface area contributed by atoms with E-state index < -0.39 is 0 Å². The average molecular weight is 334 g/mol. The molecule has 2 rings (SSSR count). The lowest BCUT2D eigenvalue weighted by atomic mass is 10.2. The van der Waals surface area contributed by atoms with Crippen molar-refractivity contribution >= 4 is 17.3 Å². The maximum absolute atomic E-state index is 5.35. The van der Waals surface area contributed by atoms with Crippen molar-refractivity contribution in [2.45, 2.75) is 39.0 Å². The molecule has 5 nitrogen and oxygen atoms in total. The molecule has 0 radical (unpaired) electrons. The molecule has 2 aromatic rings. The number of nitrogens with one attached hydrogen (secondary N) is 2. The molecule has 0 bridgehead atoms. The van der Waals surface area contributed by atoms with E-state index in [1.54, 1.807) is 17.6 Å². The van der Waals surface area contributed by atoms with Crippen LogP contribution in [0.2, 0.25) is 0 Å². The van der Waals surface area contributed by atoms with Gasteiger partial charge >= 0.3 is 0 Å². The SMILES string of the molecule is CCCCNC(=NCC(C)c1nccs1)NCCc1ccco1. The number of hydrogen-bond donors (Lipinski definition) is 2. The highest BCUT2D eigenvalue weighted by atomic mass is 32.1. The van der Waals surface area contributed by atoms with Crippen LogP contribution in [0.3, 0.4) is 0 Å². The molecule has 6 heteroatoms. The number of aromatic nitrogens is 1. The smallest absolute Gasteiger partial charge is 0.191 e. The molecule has 0 saturated carbocycles. The summed E-state index contributed by atoms with van der Waals surface area (Å²) in [6.45, 7) is 6.82. The molecule has 0 amide bonds. The zero-order valence-corrected chi connectivity index (χ0v) is 14.7. The highest BCUT2D eigenvalue weighted by Gasteiger charge is 2.08. The summed E-state index contributed by atoms with van der Waals surface area (Å²) in [7, 11) is 0. The van der Waals surface area contributed by atoms with Crippen molar-refractivity contribution in [2.75, 3.05) is 19.6 Å². The van der Waals surface area contributed by atoms with Gasteiger partial charge in [-0.15, -0.1) is 11.3 Å². The second-order valence-electron chi connectivity index (χ2n) is 5.50. The number of unbranched alkanes of at least 4 members (excludes halogenated alkanes) is 1. The monoisotopic (exact) mass is 334 g/mol. The minimum absolute atomic E-state index is 0.338. The molecule has 0 saturated heterocycles. The Labute approximate surface area is 142 Å². The first kappa shape index (κ1) is 17.5. The molecule has 0 aliphatic carbocycles. The van der Waals surface area contributed by atoms with E-state index in [0.29, 0.717) is 5.92 Å². The van der Waals surface area contributed by atoms with Gasteiger partial charge in [0.2, 0.25) is 0 Å². The van der Waals surface area contributed by atoms with Crippen LogP contribution >= 0.6 is 11.3 Å². The second-order valence-corrected chi connectivity index (χ2v) is 6.42. The van der Waals surface area contributed by atoms with E-state index in [2.05, 4.69) is 29.5 Å². The molecule has 0 aromatic carbocycles. The molecule has 1 unspecified atom stereocenters. The van der Waals surface area contributed by atoms with Gasteiger partial charge in [0, 0.05) is 37.0 Å². The normalized spacial score (nSPS) is 13.0. The Hall–Kier alpha value is -1.82. The van der Waals surface area contributed by atoms with Gasteiger partial charge in [-0.1, -0.05) is 20.3 Å². The van der Waals surface area contributed by atoms with Crippen LogP contribution in [0, 0.1) is 0 Å². The Balaban J connectivity index is 1.82. The quantitative estimate of drug-likeness (QED) is 0.419. The first-order chi connectivity index (χ1) is 11.3. The summed E-state index contributed by atoms with van der Waals surface area (Å²) < 4.78 is 5.35. The van der Waals surface area contributed by atoms with Gasteiger partial charge in [-0.05, 0) is 18.6 Å². The van der Waals surface area contributed by atoms with Gasteiger partial charge < -0.3 is 15.1 Å². The van der Waals surface area contributed by atoms with E-state index in [0.717, 1.165) is 49.2 Å². The number of rotatable bonds is 9. The van der Waals surface area contributed by atoms with Crippen LogP contribution in [0.25, 0.3) is 0 Å². The fourth-order valence-electron chi connectivity index (χ4n) is 2.10. The van der Waals surface area contributed by atoms with Gasteiger partial charge in [0.05, 0.1) is 17.8 Å². The highest BCUT2D eigenvalue weighted by Crippen LogP contribution is 2.17. The lowest BCUT2D eigenvalue weighted by molar-refractivity contribution is 0.506. The summed E-state index contributed by atoms with van der Waals surface area (Å²) in [6.07, 6.45) is 6.72. The summed E-state index contributed by atoms with van der Waals surface area (Å²) in [5.41, 5.74) is 0. The van der Waals surface area contributed by atoms with Crippen molar-refractivity contribution in [2.24, 2.45) is 4.99 Å². The first-order valence-electron chi connectivity index (χ1n) is 8.23. The van der Waals surface area contributed by atoms with Crippen molar-refractivity contribution in [1.29, 1.82) is 0 Å². The van der Waals surface area contributed by atoms with Crippen molar-refractivity contribution in [3.8, 4) is 0 Å². The summed E-state index contributed by atoms with van der Waals surface area (Å²) in [5, 5.41) is 9.92. The molecule has 126 valence electrons. The predicted molar refractivity (Wildman–Crippen MR) is 96.2 cm³/mol. The van der Waals surface area contributed by atoms with Crippen LogP contribution in [0.5, 0.6) is 0 Å². The Kier molecular flexibility index (Phi) is 7.66. The third-order valence-electron chi connectivity index (χ3n) is 3.46. The van der Waals surface area contributed by atoms with Crippen LogP contribution < -0.4 is 10.6 Å². The number of furan rings is 1. The Morgan fingerprint density at radius 2 is 2.26 bits per heavy atom. The van der Waals surface area contributed by atoms with E-state index in [-0.39, 0.29) is 0 Å². The van der Waals surface area contributed by atoms with Crippen molar-refractivity contribution in [1.82, 2.24) is 15.6 Å². The summed E-state index contributed by atoms with van der Waals surface area (Å²) in [6, 6.07) is 3.91. The summed E-state index contributed by atoms with van der Waals surface area (Å²) in [4.78, 5) is 9.06. The minimum Gasteiger partial charge on any atom is -0.469 e. The molecule has 2 N–H and O–H groups in total. The summed E-state index contributed by atoms with van der Waals surface area (Å²) in [5.74, 6) is 2.19. The van der Waals surface area contributed by atoms with E-state index in [9.17, 15) is 0 Å². The molecular weight excluding hydrogens is 308 g/mol. The standard InChI is InChI=1S/C17H26N4OS/c1-3-4-8-19-17(20-9-7-15-6-5-11-22-15)21-13-14(2)16-18-10-12-23-16/h5-6,10-12,14H,3-4,7-9,13H2,1-2H3,(H2,19,20,21). The van der Waals surface area contributed by atoms with E-state index in [1.165, 1.54) is 6.42 Å². The molecule has 0 fully saturated rings. The molecule has 0 aliphatic heterocycles. The molecule has 0 spiro atoms. The van der Waals surface area contributed by atoms with Gasteiger partial charge in [-0.25, -0.2) is 4.98 Å². The van der Waals surface area contributed by atoms with Crippen LogP contribution in [-0.2, 0) is 6.42 Å². The number of aliphatic imine (C=N–C) groups is 1. The molecule has 23 heavy (non-hydrogen) atoms. The number of thiazole rings is 1. The van der Waals surface area contributed by atoms with Gasteiger partial charge in [0.15, 0.2) is 5.96 Å². The molecular formula is C17H26N4OS. The van der Waals surface area contributed by atoms with Crippen LogP contribution in [-0.4, -0.2) is 30.6 Å². The third-order valence-corrected chi connectivity index (χ3v) is 4.47. The van der Waals surface area contributed by atoms with Crippen molar-refractivity contribution in [3.05, 3.63) is 40.7 Å². The van der Waals surface area contributed by atoms with E-state index >= 15 is 0 Å². The maximum atomic E-state index is 5.35. The van der Waals surface area contributed by atoms with Gasteiger partial charge in [-0.2, -0.15) is 0 Å². The average Bonchev–Trinajstić information content (AvgIpc) is 3.25. The predicted octanol–water partition coefficient (Wildman–Crippen LogP) is 3.42. The lowest BCUT2D eigenvalue weighted by Gasteiger charge is -2.13. The van der Waals surface area contributed by atoms with Gasteiger partial charge in [0.25, 0.3) is 0 Å². The first-order valence-corrected chi connectivity index (χ1v) is 9.11. The van der Waals surface area contributed by atoms with Crippen LogP contribution in [0.4, 0.5) is 0 Å². The second kappa shape index (κ2) is 10.0. The fraction of sp³-hybridized carbons (Fsp3) is 0.529. The van der Waals surface area contributed by atoms with Crippen molar-refractivity contribution in [3.63, 3.8) is 0 Å². The number of hydrogen-bond acceptors (Lipinski definition) is 4. The summed E-state index contributed by atoms with van der Waals surface area (Å²) >= 11 is 1.69.